The number of amides is 1. The van der Waals surface area contributed by atoms with Gasteiger partial charge in [-0.05, 0) is 47.0 Å². The molecule has 0 aliphatic carbocycles. The quantitative estimate of drug-likeness (QED) is 0.100. The maximum absolute atomic E-state index is 13.1. The first-order chi connectivity index (χ1) is 23.3. The zero-order chi connectivity index (χ0) is 33.7. The molecule has 11 heteroatoms. The molecule has 4 N–H and O–H groups in total. The molecule has 0 unspecified atom stereocenters. The van der Waals surface area contributed by atoms with Crippen LogP contribution in [0, 0.1) is 0 Å². The first kappa shape index (κ1) is 32.8. The van der Waals surface area contributed by atoms with Crippen molar-refractivity contribution in [3.8, 4) is 5.75 Å². The van der Waals surface area contributed by atoms with Crippen molar-refractivity contribution in [2.24, 2.45) is 0 Å². The molecule has 5 aromatic rings. The fourth-order valence-electron chi connectivity index (χ4n) is 5.88. The smallest absolute Gasteiger partial charge is 0.351 e. The zero-order valence-electron chi connectivity index (χ0n) is 26.0. The van der Waals surface area contributed by atoms with Crippen molar-refractivity contribution in [1.82, 2.24) is 9.55 Å². The van der Waals surface area contributed by atoms with Gasteiger partial charge in [0.15, 0.2) is 6.23 Å². The van der Waals surface area contributed by atoms with Gasteiger partial charge in [0, 0.05) is 11.8 Å². The molecule has 2 heterocycles. The number of nitrogens with zero attached hydrogens (tertiary/aromatic N) is 2. The number of rotatable bonds is 10. The summed E-state index contributed by atoms with van der Waals surface area (Å²) >= 11 is 0. The Morgan fingerprint density at radius 1 is 0.792 bits per heavy atom. The van der Waals surface area contributed by atoms with Gasteiger partial charge in [-0.3, -0.25) is 9.36 Å². The second-order valence-corrected chi connectivity index (χ2v) is 11.3. The molecule has 1 aliphatic rings. The number of benzene rings is 4. The van der Waals surface area contributed by atoms with Crippen LogP contribution in [0.4, 0.5) is 5.82 Å². The van der Waals surface area contributed by atoms with Gasteiger partial charge in [0.2, 0.25) is 0 Å². The van der Waals surface area contributed by atoms with Gasteiger partial charge in [0.05, 0.1) is 13.7 Å². The van der Waals surface area contributed by atoms with Crippen LogP contribution in [0.5, 0.6) is 5.75 Å². The number of hydrogen-bond acceptors (Lipinski definition) is 9. The number of aliphatic hydroxyl groups is 3. The number of aromatic nitrogens is 2. The van der Waals surface area contributed by atoms with E-state index in [1.165, 1.54) is 12.3 Å². The second kappa shape index (κ2) is 14.3. The van der Waals surface area contributed by atoms with E-state index in [0.717, 1.165) is 21.3 Å². The summed E-state index contributed by atoms with van der Waals surface area (Å²) in [5, 5.41) is 35.5. The Kier molecular flexibility index (Phi) is 9.76. The normalized spacial score (nSPS) is 21.0. The molecule has 4 aromatic carbocycles. The molecule has 246 valence electrons. The monoisotopic (exact) mass is 659 g/mol. The minimum Gasteiger partial charge on any atom is -0.497 e. The van der Waals surface area contributed by atoms with Gasteiger partial charge >= 0.3 is 5.69 Å². The molecule has 11 nitrogen and oxygen atoms in total. The lowest BCUT2D eigenvalue weighted by molar-refractivity contribution is -0.259. The summed E-state index contributed by atoms with van der Waals surface area (Å²) in [5.74, 6) is 0.192. The maximum atomic E-state index is 13.1. The van der Waals surface area contributed by atoms with Crippen LogP contribution in [0.2, 0.25) is 0 Å². The summed E-state index contributed by atoms with van der Waals surface area (Å²) < 4.78 is 19.3. The largest absolute Gasteiger partial charge is 0.497 e. The number of carbonyl (C=O) groups is 1. The Balaban J connectivity index is 1.31. The molecule has 0 radical (unpaired) electrons. The third-order valence-electron chi connectivity index (χ3n) is 8.39. The molecule has 0 bridgehead atoms. The van der Waals surface area contributed by atoms with E-state index in [1.54, 1.807) is 37.4 Å². The molecule has 1 aromatic heterocycles. The first-order valence-corrected chi connectivity index (χ1v) is 15.4. The molecule has 5 atom stereocenters. The van der Waals surface area contributed by atoms with E-state index in [2.05, 4.69) is 10.3 Å². The van der Waals surface area contributed by atoms with Crippen LogP contribution in [-0.2, 0) is 15.1 Å². The molecular weight excluding hydrogens is 624 g/mol. The third-order valence-corrected chi connectivity index (χ3v) is 8.39. The number of hydrogen-bond donors (Lipinski definition) is 4. The number of methoxy groups -OCH3 is 1. The number of ether oxygens (including phenoxy) is 3. The standard InChI is InChI=1S/C37H35N3O8/c1-46-28-19-17-27(18-20-28)37(25-13-7-3-8-14-25,26-15-9-4-10-16-26)47-23-29-31(41)32(42)33(43)35(48-29)40-22-21-30(39-36(40)45)38-34(44)24-11-5-2-6-12-24/h2-22,29,31-33,35,41-43H,23H2,1H3,(H,38,39,44,45)/t29-,31-,32+,33-,35-/m1/s1/i22+1,23+1,29+1,31+1,32+1,33+1,35+1,38+1,39+1,40+1. The molecular formula is C37H35N3O8. The number of carbonyl (C=O) groups excluding carboxylic acids is 1. The van der Waals surface area contributed by atoms with Gasteiger partial charge in [-0.1, -0.05) is 91.0 Å². The minimum atomic E-state index is -1.69. The summed E-state index contributed by atoms with van der Waals surface area (Å²) in [7, 11) is 1.58. The number of nitrogens with one attached hydrogen (secondary N) is 1. The van der Waals surface area contributed by atoms with Gasteiger partial charge in [0.1, 0.15) is 41.6 Å². The van der Waals surface area contributed by atoms with Crippen LogP contribution in [0.3, 0.4) is 0 Å². The summed E-state index contributed by atoms with van der Waals surface area (Å²) in [4.78, 5) is 29.7. The van der Waals surface area contributed by atoms with E-state index in [1.807, 2.05) is 84.9 Å². The fourth-order valence-corrected chi connectivity index (χ4v) is 5.88. The van der Waals surface area contributed by atoms with Crippen LogP contribution in [-0.4, -0.2) is 68.9 Å². The fraction of sp³-hybridized carbons (Fsp3) is 0.216. The summed E-state index contributed by atoms with van der Waals surface area (Å²) in [6.07, 6.45) is -6.27. The van der Waals surface area contributed by atoms with E-state index in [9.17, 15) is 24.9 Å². The predicted molar refractivity (Wildman–Crippen MR) is 177 cm³/mol. The lowest BCUT2D eigenvalue weighted by Crippen LogP contribution is -2.58. The lowest BCUT2D eigenvalue weighted by Gasteiger charge is -2.43. The molecule has 0 spiro atoms. The molecule has 1 amide bonds. The molecule has 1 aliphatic heterocycles. The van der Waals surface area contributed by atoms with Gasteiger partial charge in [0.25, 0.3) is 5.91 Å². The van der Waals surface area contributed by atoms with Crippen molar-refractivity contribution in [2.75, 3.05) is 19.0 Å². The summed E-state index contributed by atoms with van der Waals surface area (Å²) in [5.41, 5.74) is 0.665. The second-order valence-electron chi connectivity index (χ2n) is 11.3. The number of anilines is 1. The van der Waals surface area contributed by atoms with Crippen molar-refractivity contribution in [1.29, 1.82) is 0 Å². The number of aliphatic hydroxyl groups excluding tert-OH is 3. The van der Waals surface area contributed by atoms with Crippen LogP contribution in [0.1, 0.15) is 33.3 Å². The summed E-state index contributed by atoms with van der Waals surface area (Å²) in [6.45, 7) is -0.259. The van der Waals surface area contributed by atoms with Crippen molar-refractivity contribution >= 4 is 11.7 Å². The van der Waals surface area contributed by atoms with Gasteiger partial charge in [-0.15, -0.1) is 0 Å². The van der Waals surface area contributed by atoms with Gasteiger partial charge < -0.3 is 34.8 Å². The molecule has 1 fully saturated rings. The van der Waals surface area contributed by atoms with Crippen LogP contribution in [0.15, 0.2) is 132 Å². The van der Waals surface area contributed by atoms with Crippen molar-refractivity contribution < 1.29 is 34.3 Å². The Labute approximate surface area is 276 Å². The van der Waals surface area contributed by atoms with E-state index >= 15 is 0 Å². The van der Waals surface area contributed by atoms with Gasteiger partial charge in [-0.25, -0.2) is 4.79 Å². The average Bonchev–Trinajstić information content (AvgIpc) is 3.13. The Hall–Kier alpha value is -5.17. The zero-order valence-corrected chi connectivity index (χ0v) is 26.0. The lowest BCUT2D eigenvalue weighted by atomic mass is 9.80. The molecule has 1 saturated heterocycles. The highest BCUT2D eigenvalue weighted by Gasteiger charge is 2.47. The topological polar surface area (TPSA) is 152 Å². The van der Waals surface area contributed by atoms with Crippen LogP contribution >= 0.6 is 0 Å². The third kappa shape index (κ3) is 6.50. The van der Waals surface area contributed by atoms with E-state index in [0.29, 0.717) is 11.3 Å². The molecule has 0 saturated carbocycles. The van der Waals surface area contributed by atoms with Crippen LogP contribution in [0.25, 0.3) is 0 Å². The Morgan fingerprint density at radius 3 is 1.92 bits per heavy atom. The molecule has 48 heavy (non-hydrogen) atoms. The van der Waals surface area contributed by atoms with Gasteiger partial charge in [-0.2, -0.15) is 4.98 Å². The van der Waals surface area contributed by atoms with Crippen LogP contribution < -0.4 is 15.7 Å². The Morgan fingerprint density at radius 2 is 1.35 bits per heavy atom. The van der Waals surface area contributed by atoms with E-state index in [4.69, 9.17) is 14.2 Å². The average molecular weight is 660 g/mol. The van der Waals surface area contributed by atoms with Crippen molar-refractivity contribution in [3.05, 3.63) is 160 Å². The Bertz CT molecular complexity index is 1830. The van der Waals surface area contributed by atoms with E-state index < -0.39 is 47.8 Å². The summed E-state index contributed by atoms with van der Waals surface area (Å²) in [6, 6.07) is 36.4. The van der Waals surface area contributed by atoms with Crippen molar-refractivity contribution in [2.45, 2.75) is 36.2 Å². The van der Waals surface area contributed by atoms with Crippen molar-refractivity contribution in [3.63, 3.8) is 0 Å². The maximum Gasteiger partial charge on any atom is 0.351 e. The molecule has 6 rings (SSSR count). The SMILES string of the molecule is COc1ccc(C(O[13CH2][13C@H]2O[13C@@H]([15n]3[13cH]cc([15NH]C(=O)c4ccccc4)[15n]c3=O)[13C@H](O)[13C@@H](O)[13C@@H]2O)(c2ccccc2)c2ccccc2)cc1. The highest BCUT2D eigenvalue weighted by molar-refractivity contribution is 6.03. The first-order valence-electron chi connectivity index (χ1n) is 15.4. The minimum absolute atomic E-state index is 0.00846. The van der Waals surface area contributed by atoms with E-state index in [-0.39, 0.29) is 12.4 Å². The predicted octanol–water partition coefficient (Wildman–Crippen LogP) is 3.49. The highest BCUT2D eigenvalue weighted by atomic mass is 16.8. The highest BCUT2D eigenvalue weighted by Crippen LogP contribution is 2.42.